The molecule has 108 valence electrons. The molecule has 2 aromatic carbocycles. The molecule has 1 fully saturated rings. The van der Waals surface area contributed by atoms with Crippen molar-refractivity contribution in [2.24, 2.45) is 5.92 Å². The fourth-order valence-electron chi connectivity index (χ4n) is 2.70. The average molecular weight is 363 g/mol. The van der Waals surface area contributed by atoms with Crippen LogP contribution in [0, 0.1) is 5.92 Å². The van der Waals surface area contributed by atoms with Gasteiger partial charge < -0.3 is 5.11 Å². The van der Waals surface area contributed by atoms with E-state index in [1.807, 2.05) is 54.6 Å². The number of hydrogen-bond donors (Lipinski definition) is 1. The van der Waals surface area contributed by atoms with Crippen LogP contribution in [0.2, 0.25) is 0 Å². The van der Waals surface area contributed by atoms with Crippen molar-refractivity contribution in [2.75, 3.05) is 5.75 Å². The Kier molecular flexibility index (Phi) is 4.48. The van der Waals surface area contributed by atoms with Gasteiger partial charge in [-0.25, -0.2) is 0 Å². The van der Waals surface area contributed by atoms with Crippen molar-refractivity contribution in [3.05, 3.63) is 70.2 Å². The summed E-state index contributed by atoms with van der Waals surface area (Å²) < 4.78 is 0.879. The Balaban J connectivity index is 1.93. The van der Waals surface area contributed by atoms with E-state index in [1.54, 1.807) is 11.8 Å². The first-order valence-corrected chi connectivity index (χ1v) is 8.65. The highest BCUT2D eigenvalue weighted by molar-refractivity contribution is 9.10. The molecule has 0 aliphatic carbocycles. The molecular weight excluding hydrogens is 348 g/mol. The van der Waals surface area contributed by atoms with Gasteiger partial charge in [0.2, 0.25) is 0 Å². The maximum atomic E-state index is 12.8. The second kappa shape index (κ2) is 6.34. The van der Waals surface area contributed by atoms with Crippen LogP contribution in [0.3, 0.4) is 0 Å². The molecule has 0 aromatic heterocycles. The Morgan fingerprint density at radius 2 is 1.90 bits per heavy atom. The van der Waals surface area contributed by atoms with E-state index < -0.39 is 6.10 Å². The van der Waals surface area contributed by atoms with E-state index in [-0.39, 0.29) is 17.0 Å². The van der Waals surface area contributed by atoms with Gasteiger partial charge in [-0.1, -0.05) is 58.4 Å². The Labute approximate surface area is 136 Å². The molecule has 0 bridgehead atoms. The first kappa shape index (κ1) is 14.8. The maximum Gasteiger partial charge on any atom is 0.170 e. The minimum Gasteiger partial charge on any atom is -0.391 e. The lowest BCUT2D eigenvalue weighted by Crippen LogP contribution is -2.28. The summed E-state index contributed by atoms with van der Waals surface area (Å²) in [5, 5.41) is 10.3. The molecule has 0 spiro atoms. The van der Waals surface area contributed by atoms with Crippen LogP contribution < -0.4 is 0 Å². The van der Waals surface area contributed by atoms with E-state index in [2.05, 4.69) is 15.9 Å². The third-order valence-electron chi connectivity index (χ3n) is 3.73. The summed E-state index contributed by atoms with van der Waals surface area (Å²) in [5.41, 5.74) is 1.75. The molecule has 1 heterocycles. The largest absolute Gasteiger partial charge is 0.391 e. The van der Waals surface area contributed by atoms with Gasteiger partial charge in [-0.15, -0.1) is 0 Å². The number of ketones is 1. The topological polar surface area (TPSA) is 37.3 Å². The summed E-state index contributed by atoms with van der Waals surface area (Å²) in [4.78, 5) is 12.8. The van der Waals surface area contributed by atoms with Gasteiger partial charge in [0.05, 0.1) is 12.0 Å². The number of halogens is 1. The molecule has 0 radical (unpaired) electrons. The van der Waals surface area contributed by atoms with Gasteiger partial charge in [0, 0.05) is 21.0 Å². The number of Topliss-reactive ketones (excluding diaryl/α,β-unsaturated/α-hetero) is 1. The minimum atomic E-state index is -0.591. The lowest BCUT2D eigenvalue weighted by Gasteiger charge is -2.20. The monoisotopic (exact) mass is 362 g/mol. The van der Waals surface area contributed by atoms with Crippen molar-refractivity contribution in [3.63, 3.8) is 0 Å². The van der Waals surface area contributed by atoms with Crippen molar-refractivity contribution < 1.29 is 9.90 Å². The third kappa shape index (κ3) is 3.07. The molecule has 21 heavy (non-hydrogen) atoms. The highest BCUT2D eigenvalue weighted by Crippen LogP contribution is 2.46. The molecule has 0 unspecified atom stereocenters. The summed E-state index contributed by atoms with van der Waals surface area (Å²) in [5.74, 6) is 0.235. The van der Waals surface area contributed by atoms with Crippen LogP contribution in [0.1, 0.15) is 21.2 Å². The smallest absolute Gasteiger partial charge is 0.170 e. The van der Waals surface area contributed by atoms with Crippen molar-refractivity contribution in [1.82, 2.24) is 0 Å². The van der Waals surface area contributed by atoms with Crippen molar-refractivity contribution in [3.8, 4) is 0 Å². The molecular formula is C17H15BrO2S. The Hall–Kier alpha value is -1.10. The highest BCUT2D eigenvalue weighted by atomic mass is 79.9. The molecule has 3 atom stereocenters. The quantitative estimate of drug-likeness (QED) is 0.835. The maximum absolute atomic E-state index is 12.8. The first-order chi connectivity index (χ1) is 10.2. The fourth-order valence-corrected chi connectivity index (χ4v) is 4.58. The number of rotatable bonds is 3. The predicted octanol–water partition coefficient (Wildman–Crippen LogP) is 4.10. The summed E-state index contributed by atoms with van der Waals surface area (Å²) in [6.07, 6.45) is -0.591. The van der Waals surface area contributed by atoms with Crippen LogP contribution in [0.4, 0.5) is 0 Å². The third-order valence-corrected chi connectivity index (χ3v) is 5.68. The molecule has 1 aliphatic rings. The van der Waals surface area contributed by atoms with Crippen LogP contribution in [0.15, 0.2) is 59.1 Å². The molecule has 2 aromatic rings. The predicted molar refractivity (Wildman–Crippen MR) is 89.6 cm³/mol. The van der Waals surface area contributed by atoms with Gasteiger partial charge >= 0.3 is 0 Å². The van der Waals surface area contributed by atoms with Crippen LogP contribution >= 0.6 is 27.7 Å². The number of thioether (sulfide) groups is 1. The summed E-state index contributed by atoms with van der Waals surface area (Å²) in [6, 6.07) is 17.3. The molecule has 0 amide bonds. The lowest BCUT2D eigenvalue weighted by atomic mass is 9.87. The van der Waals surface area contributed by atoms with Crippen LogP contribution in [0.25, 0.3) is 0 Å². The van der Waals surface area contributed by atoms with Gasteiger partial charge in [-0.3, -0.25) is 4.79 Å². The first-order valence-electron chi connectivity index (χ1n) is 6.81. The average Bonchev–Trinajstić information content (AvgIpc) is 2.89. The number of carbonyl (C=O) groups is 1. The van der Waals surface area contributed by atoms with Crippen LogP contribution in [-0.4, -0.2) is 22.7 Å². The van der Waals surface area contributed by atoms with Crippen molar-refractivity contribution in [2.45, 2.75) is 11.4 Å². The zero-order valence-corrected chi connectivity index (χ0v) is 13.7. The van der Waals surface area contributed by atoms with Gasteiger partial charge in [0.15, 0.2) is 5.78 Å². The summed E-state index contributed by atoms with van der Waals surface area (Å²) in [7, 11) is 0. The van der Waals surface area contributed by atoms with Crippen molar-refractivity contribution >= 4 is 33.5 Å². The van der Waals surface area contributed by atoms with E-state index in [1.165, 1.54) is 0 Å². The minimum absolute atomic E-state index is 0.0163. The number of aliphatic hydroxyl groups is 1. The van der Waals surface area contributed by atoms with E-state index in [9.17, 15) is 9.90 Å². The summed E-state index contributed by atoms with van der Waals surface area (Å²) in [6.45, 7) is 0. The fraction of sp³-hybridized carbons (Fsp3) is 0.235. The second-order valence-corrected chi connectivity index (χ2v) is 7.22. The second-order valence-electron chi connectivity index (χ2n) is 5.13. The van der Waals surface area contributed by atoms with Gasteiger partial charge in [0.1, 0.15) is 0 Å². The standard InChI is InChI=1S/C17H15BrO2S/c18-13-8-4-7-12(9-13)16(20)15-14(19)10-21-17(15)11-5-2-1-3-6-11/h1-9,14-15,17,19H,10H2/t14-,15+,17+/m1/s1. The van der Waals surface area contributed by atoms with E-state index >= 15 is 0 Å². The van der Waals surface area contributed by atoms with Crippen LogP contribution in [-0.2, 0) is 0 Å². The highest BCUT2D eigenvalue weighted by Gasteiger charge is 2.41. The molecule has 3 rings (SSSR count). The normalized spacial score (nSPS) is 25.0. The Bertz CT molecular complexity index is 644. The number of benzene rings is 2. The molecule has 1 N–H and O–H groups in total. The van der Waals surface area contributed by atoms with Crippen molar-refractivity contribution in [1.29, 1.82) is 0 Å². The summed E-state index contributed by atoms with van der Waals surface area (Å²) >= 11 is 5.05. The number of hydrogen-bond acceptors (Lipinski definition) is 3. The van der Waals surface area contributed by atoms with Gasteiger partial charge in [-0.05, 0) is 17.7 Å². The molecule has 2 nitrogen and oxygen atoms in total. The van der Waals surface area contributed by atoms with E-state index in [0.717, 1.165) is 10.0 Å². The molecule has 1 aliphatic heterocycles. The number of aliphatic hydroxyl groups excluding tert-OH is 1. The van der Waals surface area contributed by atoms with E-state index in [4.69, 9.17) is 0 Å². The zero-order chi connectivity index (χ0) is 14.8. The van der Waals surface area contributed by atoms with Crippen LogP contribution in [0.5, 0.6) is 0 Å². The molecule has 0 saturated carbocycles. The zero-order valence-electron chi connectivity index (χ0n) is 11.3. The SMILES string of the molecule is O=C(c1cccc(Br)c1)[C@@H]1[C@H](O)CS[C@H]1c1ccccc1. The lowest BCUT2D eigenvalue weighted by molar-refractivity contribution is 0.0757. The number of carbonyl (C=O) groups excluding carboxylic acids is 1. The molecule has 1 saturated heterocycles. The van der Waals surface area contributed by atoms with E-state index in [0.29, 0.717) is 11.3 Å². The van der Waals surface area contributed by atoms with Gasteiger partial charge in [0.25, 0.3) is 0 Å². The Morgan fingerprint density at radius 1 is 1.14 bits per heavy atom. The molecule has 4 heteroatoms. The Morgan fingerprint density at radius 3 is 2.62 bits per heavy atom. The van der Waals surface area contributed by atoms with Gasteiger partial charge in [-0.2, -0.15) is 11.8 Å².